The van der Waals surface area contributed by atoms with E-state index in [1.54, 1.807) is 12.5 Å². The smallest absolute Gasteiger partial charge is 0.145 e. The van der Waals surface area contributed by atoms with Crippen molar-refractivity contribution in [2.45, 2.75) is 32.3 Å². The third-order valence-corrected chi connectivity index (χ3v) is 6.58. The molecule has 0 atom stereocenters. The average Bonchev–Trinajstić information content (AvgIpc) is 3.18. The quantitative estimate of drug-likeness (QED) is 0.289. The van der Waals surface area contributed by atoms with Gasteiger partial charge in [-0.3, -0.25) is 9.88 Å². The van der Waals surface area contributed by atoms with Gasteiger partial charge in [0.25, 0.3) is 0 Å². The number of likely N-dealkylation sites (tertiary alicyclic amines) is 1. The molecule has 0 aliphatic carbocycles. The van der Waals surface area contributed by atoms with Crippen molar-refractivity contribution in [3.8, 4) is 11.5 Å². The van der Waals surface area contributed by atoms with Gasteiger partial charge in [0.1, 0.15) is 36.9 Å². The van der Waals surface area contributed by atoms with E-state index in [0.29, 0.717) is 29.8 Å². The number of nitrogens with zero attached hydrogens (tertiary/aromatic N) is 4. The lowest BCUT2D eigenvalue weighted by Gasteiger charge is -2.20. The van der Waals surface area contributed by atoms with E-state index in [-0.39, 0.29) is 0 Å². The van der Waals surface area contributed by atoms with Gasteiger partial charge in [-0.25, -0.2) is 9.97 Å². The maximum atomic E-state index is 6.52. The normalized spacial score (nSPS) is 14.4. The van der Waals surface area contributed by atoms with Crippen LogP contribution in [0.25, 0.3) is 10.9 Å². The van der Waals surface area contributed by atoms with Crippen LogP contribution in [-0.4, -0.2) is 46.1 Å². The fourth-order valence-corrected chi connectivity index (χ4v) is 4.64. The van der Waals surface area contributed by atoms with E-state index < -0.39 is 0 Å². The monoisotopic (exact) mass is 503 g/mol. The minimum atomic E-state index is 0.349. The number of halogens is 1. The van der Waals surface area contributed by atoms with Crippen molar-refractivity contribution >= 4 is 34.0 Å². The van der Waals surface area contributed by atoms with Crippen molar-refractivity contribution in [2.75, 3.05) is 31.6 Å². The Kier molecular flexibility index (Phi) is 8.10. The van der Waals surface area contributed by atoms with Gasteiger partial charge in [0, 0.05) is 18.4 Å². The molecular formula is C28H30ClN5O2. The Hall–Kier alpha value is -3.42. The first-order valence-electron chi connectivity index (χ1n) is 12.4. The first kappa shape index (κ1) is 24.3. The Morgan fingerprint density at radius 1 is 0.861 bits per heavy atom. The van der Waals surface area contributed by atoms with Crippen LogP contribution in [0, 0.1) is 0 Å². The standard InChI is InChI=1S/C28H30ClN5O2/c29-23-18-21(11-12-25(23)36-19-22-8-3-4-13-30-22)33-28-27-24(31-20-32-28)9-7-10-26(27)35-17-16-34-14-5-1-2-6-15-34/h3-4,7-13,18,20H,1-2,5-6,14-17,19H2,(H,31,32,33). The molecule has 186 valence electrons. The molecule has 1 aliphatic rings. The molecule has 0 amide bonds. The Bertz CT molecular complexity index is 1270. The second kappa shape index (κ2) is 12.0. The molecule has 0 bridgehead atoms. The van der Waals surface area contributed by atoms with E-state index in [9.17, 15) is 0 Å². The zero-order valence-corrected chi connectivity index (χ0v) is 21.0. The van der Waals surface area contributed by atoms with Crippen molar-refractivity contribution in [3.63, 3.8) is 0 Å². The van der Waals surface area contributed by atoms with Gasteiger partial charge in [-0.05, 0) is 68.4 Å². The molecule has 0 unspecified atom stereocenters. The van der Waals surface area contributed by atoms with E-state index in [1.807, 2.05) is 54.6 Å². The van der Waals surface area contributed by atoms with E-state index >= 15 is 0 Å². The number of aromatic nitrogens is 3. The SMILES string of the molecule is Clc1cc(Nc2ncnc3cccc(OCCN4CCCCCC4)c23)ccc1OCc1ccccn1. The van der Waals surface area contributed by atoms with Crippen molar-refractivity contribution in [1.29, 1.82) is 0 Å². The van der Waals surface area contributed by atoms with Gasteiger partial charge >= 0.3 is 0 Å². The number of rotatable bonds is 9. The predicted molar refractivity (Wildman–Crippen MR) is 143 cm³/mol. The highest BCUT2D eigenvalue weighted by molar-refractivity contribution is 6.32. The molecule has 5 rings (SSSR count). The minimum absolute atomic E-state index is 0.349. The molecule has 1 fully saturated rings. The molecule has 3 heterocycles. The zero-order chi connectivity index (χ0) is 24.6. The number of benzene rings is 2. The van der Waals surface area contributed by atoms with Crippen molar-refractivity contribution < 1.29 is 9.47 Å². The lowest BCUT2D eigenvalue weighted by molar-refractivity contribution is 0.215. The first-order valence-corrected chi connectivity index (χ1v) is 12.8. The summed E-state index contributed by atoms with van der Waals surface area (Å²) in [7, 11) is 0. The number of hydrogen-bond acceptors (Lipinski definition) is 7. The van der Waals surface area contributed by atoms with Crippen LogP contribution < -0.4 is 14.8 Å². The molecule has 2 aromatic carbocycles. The van der Waals surface area contributed by atoms with Gasteiger partial charge in [-0.15, -0.1) is 0 Å². The molecule has 4 aromatic rings. The highest BCUT2D eigenvalue weighted by atomic mass is 35.5. The summed E-state index contributed by atoms with van der Waals surface area (Å²) in [6.07, 6.45) is 8.49. The molecule has 1 saturated heterocycles. The molecule has 0 radical (unpaired) electrons. The van der Waals surface area contributed by atoms with Gasteiger partial charge in [-0.1, -0.05) is 36.6 Å². The number of nitrogens with one attached hydrogen (secondary N) is 1. The third kappa shape index (κ3) is 6.22. The number of pyridine rings is 1. The summed E-state index contributed by atoms with van der Waals surface area (Å²) in [5.41, 5.74) is 2.46. The Morgan fingerprint density at radius 3 is 2.56 bits per heavy atom. The molecule has 0 saturated carbocycles. The van der Waals surface area contributed by atoms with Gasteiger partial charge in [-0.2, -0.15) is 0 Å². The first-order chi connectivity index (χ1) is 17.8. The van der Waals surface area contributed by atoms with Crippen molar-refractivity contribution in [1.82, 2.24) is 19.9 Å². The lowest BCUT2D eigenvalue weighted by Crippen LogP contribution is -2.29. The Balaban J connectivity index is 1.29. The van der Waals surface area contributed by atoms with Crippen LogP contribution in [0.2, 0.25) is 5.02 Å². The maximum Gasteiger partial charge on any atom is 0.145 e. The summed E-state index contributed by atoms with van der Waals surface area (Å²) in [5.74, 6) is 2.04. The molecule has 7 nitrogen and oxygen atoms in total. The van der Waals surface area contributed by atoms with Crippen molar-refractivity contribution in [3.05, 3.63) is 77.8 Å². The maximum absolute atomic E-state index is 6.52. The van der Waals surface area contributed by atoms with Crippen LogP contribution in [0.1, 0.15) is 31.4 Å². The number of hydrogen-bond donors (Lipinski definition) is 1. The molecule has 1 aliphatic heterocycles. The zero-order valence-electron chi connectivity index (χ0n) is 20.2. The van der Waals surface area contributed by atoms with Crippen LogP contribution in [0.15, 0.2) is 67.1 Å². The number of fused-ring (bicyclic) bond motifs is 1. The Labute approximate surface area is 216 Å². The summed E-state index contributed by atoms with van der Waals surface area (Å²) >= 11 is 6.52. The summed E-state index contributed by atoms with van der Waals surface area (Å²) in [5, 5.41) is 4.74. The number of ether oxygens (including phenoxy) is 2. The molecule has 8 heteroatoms. The predicted octanol–water partition coefficient (Wildman–Crippen LogP) is 6.26. The molecule has 2 aromatic heterocycles. The van der Waals surface area contributed by atoms with Gasteiger partial charge in [0.05, 0.1) is 21.6 Å². The van der Waals surface area contributed by atoms with Crippen molar-refractivity contribution in [2.24, 2.45) is 0 Å². The summed E-state index contributed by atoms with van der Waals surface area (Å²) in [6, 6.07) is 17.2. The van der Waals surface area contributed by atoms with E-state index in [1.165, 1.54) is 25.7 Å². The molecule has 0 spiro atoms. The lowest BCUT2D eigenvalue weighted by atomic mass is 10.2. The second-order valence-corrected chi connectivity index (χ2v) is 9.26. The average molecular weight is 504 g/mol. The van der Waals surface area contributed by atoms with Gasteiger partial charge < -0.3 is 14.8 Å². The van der Waals surface area contributed by atoms with E-state index in [2.05, 4.69) is 25.2 Å². The summed E-state index contributed by atoms with van der Waals surface area (Å²) in [6.45, 7) is 4.19. The topological polar surface area (TPSA) is 72.4 Å². The molecule has 1 N–H and O–H groups in total. The minimum Gasteiger partial charge on any atom is -0.491 e. The van der Waals surface area contributed by atoms with E-state index in [0.717, 1.165) is 47.7 Å². The van der Waals surface area contributed by atoms with Crippen LogP contribution in [0.5, 0.6) is 11.5 Å². The largest absolute Gasteiger partial charge is 0.491 e. The molecular weight excluding hydrogens is 474 g/mol. The second-order valence-electron chi connectivity index (χ2n) is 8.86. The highest BCUT2D eigenvalue weighted by Crippen LogP contribution is 2.34. The van der Waals surface area contributed by atoms with Crippen LogP contribution in [-0.2, 0) is 6.61 Å². The van der Waals surface area contributed by atoms with Gasteiger partial charge in [0.15, 0.2) is 0 Å². The fourth-order valence-electron chi connectivity index (χ4n) is 4.41. The summed E-state index contributed by atoms with van der Waals surface area (Å²) < 4.78 is 12.1. The number of anilines is 2. The van der Waals surface area contributed by atoms with Crippen LogP contribution in [0.4, 0.5) is 11.5 Å². The highest BCUT2D eigenvalue weighted by Gasteiger charge is 2.13. The van der Waals surface area contributed by atoms with E-state index in [4.69, 9.17) is 21.1 Å². The third-order valence-electron chi connectivity index (χ3n) is 6.28. The van der Waals surface area contributed by atoms with Crippen LogP contribution >= 0.6 is 11.6 Å². The van der Waals surface area contributed by atoms with Gasteiger partial charge in [0.2, 0.25) is 0 Å². The van der Waals surface area contributed by atoms with Crippen LogP contribution in [0.3, 0.4) is 0 Å². The Morgan fingerprint density at radius 2 is 1.75 bits per heavy atom. The fraction of sp³-hybridized carbons (Fsp3) is 0.321. The molecule has 36 heavy (non-hydrogen) atoms. The summed E-state index contributed by atoms with van der Waals surface area (Å²) in [4.78, 5) is 15.7.